The van der Waals surface area contributed by atoms with Crippen LogP contribution in [0.1, 0.15) is 11.3 Å². The van der Waals surface area contributed by atoms with Crippen molar-refractivity contribution in [3.63, 3.8) is 0 Å². The number of hydrogen-bond donors (Lipinski definition) is 2. The summed E-state index contributed by atoms with van der Waals surface area (Å²) in [5.74, 6) is -0.519. The second-order valence-electron chi connectivity index (χ2n) is 5.61. The monoisotopic (exact) mass is 371 g/mol. The fourth-order valence-electron chi connectivity index (χ4n) is 2.46. The second-order valence-corrected chi connectivity index (χ2v) is 6.55. The molecule has 1 amide bonds. The highest BCUT2D eigenvalue weighted by atomic mass is 32.2. The van der Waals surface area contributed by atoms with Crippen molar-refractivity contribution in [1.82, 2.24) is 9.55 Å². The van der Waals surface area contributed by atoms with E-state index in [-0.39, 0.29) is 18.3 Å². The van der Waals surface area contributed by atoms with Crippen molar-refractivity contribution < 1.29 is 14.3 Å². The number of rotatable bonds is 7. The number of aromatic nitrogens is 2. The van der Waals surface area contributed by atoms with E-state index in [1.165, 1.54) is 30.0 Å². The summed E-state index contributed by atoms with van der Waals surface area (Å²) in [5.41, 5.74) is 2.17. The first-order valence-corrected chi connectivity index (χ1v) is 9.01. The molecule has 0 aliphatic carbocycles. The third kappa shape index (κ3) is 4.71. The first-order valence-electron chi connectivity index (χ1n) is 8.03. The van der Waals surface area contributed by atoms with Gasteiger partial charge in [-0.25, -0.2) is 9.37 Å². The van der Waals surface area contributed by atoms with Crippen LogP contribution in [-0.2, 0) is 17.9 Å². The minimum absolute atomic E-state index is 0.129. The highest BCUT2D eigenvalue weighted by Crippen LogP contribution is 2.21. The van der Waals surface area contributed by atoms with Crippen LogP contribution in [0.4, 0.5) is 10.1 Å². The zero-order chi connectivity index (χ0) is 18.4. The van der Waals surface area contributed by atoms with E-state index in [0.29, 0.717) is 23.1 Å². The number of anilines is 1. The Balaban J connectivity index is 1.66. The molecule has 0 aliphatic heterocycles. The molecule has 3 rings (SSSR count). The van der Waals surface area contributed by atoms with Gasteiger partial charge in [0.2, 0.25) is 5.91 Å². The first-order chi connectivity index (χ1) is 12.7. The largest absolute Gasteiger partial charge is 0.390 e. The number of imidazole rings is 1. The SMILES string of the molecule is O=C(CSc1ncc(CO)n1Cc1ccccc1)Nc1cccc(F)c1. The Bertz CT molecular complexity index is 884. The summed E-state index contributed by atoms with van der Waals surface area (Å²) < 4.78 is 15.1. The molecular weight excluding hydrogens is 353 g/mol. The predicted molar refractivity (Wildman–Crippen MR) is 99.4 cm³/mol. The standard InChI is InChI=1S/C19H18FN3O2S/c20-15-7-4-8-16(9-15)22-18(25)13-26-19-21-10-17(12-24)23(19)11-14-5-2-1-3-6-14/h1-10,24H,11-13H2,(H,22,25). The normalized spacial score (nSPS) is 10.7. The van der Waals surface area contributed by atoms with Crippen molar-refractivity contribution in [2.24, 2.45) is 0 Å². The van der Waals surface area contributed by atoms with Crippen LogP contribution < -0.4 is 5.32 Å². The molecule has 7 heteroatoms. The lowest BCUT2D eigenvalue weighted by Crippen LogP contribution is -2.15. The summed E-state index contributed by atoms with van der Waals surface area (Å²) >= 11 is 1.27. The van der Waals surface area contributed by atoms with E-state index < -0.39 is 5.82 Å². The highest BCUT2D eigenvalue weighted by molar-refractivity contribution is 7.99. The lowest BCUT2D eigenvalue weighted by molar-refractivity contribution is -0.113. The number of benzene rings is 2. The van der Waals surface area contributed by atoms with Crippen LogP contribution in [0.2, 0.25) is 0 Å². The van der Waals surface area contributed by atoms with Crippen molar-refractivity contribution in [2.75, 3.05) is 11.1 Å². The number of carbonyl (C=O) groups is 1. The van der Waals surface area contributed by atoms with E-state index in [4.69, 9.17) is 0 Å². The lowest BCUT2D eigenvalue weighted by Gasteiger charge is -2.11. The predicted octanol–water partition coefficient (Wildman–Crippen LogP) is 3.29. The molecule has 3 aromatic rings. The number of aliphatic hydroxyl groups excluding tert-OH is 1. The van der Waals surface area contributed by atoms with Crippen LogP contribution in [0.25, 0.3) is 0 Å². The third-order valence-corrected chi connectivity index (χ3v) is 4.68. The second kappa shape index (κ2) is 8.64. The van der Waals surface area contributed by atoms with E-state index in [9.17, 15) is 14.3 Å². The van der Waals surface area contributed by atoms with Crippen LogP contribution in [0.15, 0.2) is 66.0 Å². The smallest absolute Gasteiger partial charge is 0.234 e. The van der Waals surface area contributed by atoms with Gasteiger partial charge in [-0.05, 0) is 23.8 Å². The minimum Gasteiger partial charge on any atom is -0.390 e. The average molecular weight is 371 g/mol. The molecule has 1 heterocycles. The molecular formula is C19H18FN3O2S. The molecule has 0 saturated heterocycles. The molecule has 0 atom stereocenters. The molecule has 5 nitrogen and oxygen atoms in total. The van der Waals surface area contributed by atoms with Crippen LogP contribution in [0.3, 0.4) is 0 Å². The molecule has 2 N–H and O–H groups in total. The van der Waals surface area contributed by atoms with Gasteiger partial charge >= 0.3 is 0 Å². The molecule has 0 saturated carbocycles. The lowest BCUT2D eigenvalue weighted by atomic mass is 10.2. The molecule has 134 valence electrons. The van der Waals surface area contributed by atoms with E-state index in [1.807, 2.05) is 34.9 Å². The van der Waals surface area contributed by atoms with E-state index in [2.05, 4.69) is 10.3 Å². The van der Waals surface area contributed by atoms with Gasteiger partial charge in [-0.1, -0.05) is 48.2 Å². The number of amides is 1. The fourth-order valence-corrected chi connectivity index (χ4v) is 3.26. The number of hydrogen-bond acceptors (Lipinski definition) is 4. The van der Waals surface area contributed by atoms with Crippen molar-refractivity contribution in [3.8, 4) is 0 Å². The summed E-state index contributed by atoms with van der Waals surface area (Å²) in [5, 5.41) is 12.8. The van der Waals surface area contributed by atoms with Crippen molar-refractivity contribution >= 4 is 23.4 Å². The summed E-state index contributed by atoms with van der Waals surface area (Å²) in [6, 6.07) is 15.6. The Kier molecular flexibility index (Phi) is 6.04. The van der Waals surface area contributed by atoms with E-state index >= 15 is 0 Å². The summed E-state index contributed by atoms with van der Waals surface area (Å²) in [6.07, 6.45) is 1.61. The summed E-state index contributed by atoms with van der Waals surface area (Å²) in [6.45, 7) is 0.431. The number of carbonyl (C=O) groups excluding carboxylic acids is 1. The maximum absolute atomic E-state index is 13.2. The van der Waals surface area contributed by atoms with Gasteiger partial charge in [-0.15, -0.1) is 0 Å². The Morgan fingerprint density at radius 2 is 2.00 bits per heavy atom. The van der Waals surface area contributed by atoms with Gasteiger partial charge in [0, 0.05) is 12.2 Å². The topological polar surface area (TPSA) is 67.1 Å². The number of nitrogens with zero attached hydrogens (tertiary/aromatic N) is 2. The highest BCUT2D eigenvalue weighted by Gasteiger charge is 2.13. The number of halogens is 1. The number of thioether (sulfide) groups is 1. The summed E-state index contributed by atoms with van der Waals surface area (Å²) in [7, 11) is 0. The molecule has 0 bridgehead atoms. The zero-order valence-corrected chi connectivity index (χ0v) is 14.7. The molecule has 1 aromatic heterocycles. The molecule has 26 heavy (non-hydrogen) atoms. The van der Waals surface area contributed by atoms with Crippen molar-refractivity contribution in [2.45, 2.75) is 18.3 Å². The van der Waals surface area contributed by atoms with Gasteiger partial charge in [-0.2, -0.15) is 0 Å². The van der Waals surface area contributed by atoms with Gasteiger partial charge in [0.25, 0.3) is 0 Å². The van der Waals surface area contributed by atoms with Gasteiger partial charge < -0.3 is 15.0 Å². The van der Waals surface area contributed by atoms with Gasteiger partial charge in [0.15, 0.2) is 5.16 Å². The quantitative estimate of drug-likeness (QED) is 0.626. The van der Waals surface area contributed by atoms with Gasteiger partial charge in [0.05, 0.1) is 24.3 Å². The minimum atomic E-state index is -0.401. The van der Waals surface area contributed by atoms with Crippen molar-refractivity contribution in [3.05, 3.63) is 77.9 Å². The Morgan fingerprint density at radius 3 is 2.73 bits per heavy atom. The average Bonchev–Trinajstić information content (AvgIpc) is 3.02. The maximum atomic E-state index is 13.2. The Morgan fingerprint density at radius 1 is 1.19 bits per heavy atom. The van der Waals surface area contributed by atoms with Crippen LogP contribution in [0, 0.1) is 5.82 Å². The first kappa shape index (κ1) is 18.2. The van der Waals surface area contributed by atoms with Crippen molar-refractivity contribution in [1.29, 1.82) is 0 Å². The van der Waals surface area contributed by atoms with Crippen LogP contribution >= 0.6 is 11.8 Å². The molecule has 0 spiro atoms. The number of aliphatic hydroxyl groups is 1. The Labute approximate surface area is 154 Å². The third-order valence-electron chi connectivity index (χ3n) is 3.69. The fraction of sp³-hybridized carbons (Fsp3) is 0.158. The van der Waals surface area contributed by atoms with Gasteiger partial charge in [0.1, 0.15) is 5.82 Å². The molecule has 0 aliphatic rings. The van der Waals surface area contributed by atoms with Crippen LogP contribution in [-0.4, -0.2) is 26.3 Å². The van der Waals surface area contributed by atoms with E-state index in [0.717, 1.165) is 5.56 Å². The molecule has 0 radical (unpaired) electrons. The van der Waals surface area contributed by atoms with Crippen LogP contribution in [0.5, 0.6) is 0 Å². The molecule has 2 aromatic carbocycles. The maximum Gasteiger partial charge on any atom is 0.234 e. The zero-order valence-electron chi connectivity index (χ0n) is 13.9. The van der Waals surface area contributed by atoms with Gasteiger partial charge in [-0.3, -0.25) is 4.79 Å². The van der Waals surface area contributed by atoms with E-state index in [1.54, 1.807) is 12.3 Å². The Hall–Kier alpha value is -2.64. The molecule has 0 fully saturated rings. The summed E-state index contributed by atoms with van der Waals surface area (Å²) in [4.78, 5) is 16.4. The molecule has 0 unspecified atom stereocenters. The number of nitrogens with one attached hydrogen (secondary N) is 1.